The fourth-order valence-corrected chi connectivity index (χ4v) is 9.42. The Labute approximate surface area is 206 Å². The van der Waals surface area contributed by atoms with Crippen molar-refractivity contribution in [3.63, 3.8) is 0 Å². The molecule has 3 saturated carbocycles. The average Bonchev–Trinajstić information content (AvgIpc) is 3.56. The number of aliphatic hydroxyl groups is 3. The van der Waals surface area contributed by atoms with E-state index in [2.05, 4.69) is 6.92 Å². The lowest BCUT2D eigenvalue weighted by molar-refractivity contribution is -0.202. The molecule has 7 heteroatoms. The smallest absolute Gasteiger partial charge is 0.336 e. The summed E-state index contributed by atoms with van der Waals surface area (Å²) in [5.41, 5.74) is -2.33. The molecule has 3 N–H and O–H groups in total. The molecule has 1 saturated heterocycles. The number of hydrogen-bond acceptors (Lipinski definition) is 7. The maximum absolute atomic E-state index is 13.3. The molecule has 0 aromatic carbocycles. The van der Waals surface area contributed by atoms with Crippen LogP contribution in [0, 0.1) is 34.5 Å². The molecule has 11 unspecified atom stereocenters. The van der Waals surface area contributed by atoms with Crippen LogP contribution in [0.3, 0.4) is 0 Å². The lowest BCUT2D eigenvalue weighted by atomic mass is 9.43. The number of rotatable bonds is 3. The van der Waals surface area contributed by atoms with Crippen LogP contribution in [-0.2, 0) is 19.1 Å². The van der Waals surface area contributed by atoms with Crippen LogP contribution in [0.25, 0.3) is 0 Å². The summed E-state index contributed by atoms with van der Waals surface area (Å²) < 4.78 is 11.9. The van der Waals surface area contributed by atoms with E-state index >= 15 is 0 Å². The van der Waals surface area contributed by atoms with E-state index in [9.17, 15) is 24.9 Å². The van der Waals surface area contributed by atoms with Crippen molar-refractivity contribution in [2.45, 2.75) is 95.7 Å². The summed E-state index contributed by atoms with van der Waals surface area (Å²) in [5, 5.41) is 33.6. The van der Waals surface area contributed by atoms with Crippen molar-refractivity contribution < 1.29 is 34.4 Å². The molecular weight excluding hydrogens is 448 g/mol. The van der Waals surface area contributed by atoms with Gasteiger partial charge in [-0.15, -0.1) is 0 Å². The van der Waals surface area contributed by atoms with Crippen LogP contribution in [0.4, 0.5) is 0 Å². The third kappa shape index (κ3) is 2.71. The minimum Gasteiger partial charge on any atom is -0.458 e. The Balaban J connectivity index is 1.32. The maximum atomic E-state index is 13.3. The molecular formula is C28H38O7. The molecule has 0 aromatic heterocycles. The number of ether oxygens (including phenoxy) is 2. The molecule has 11 atom stereocenters. The van der Waals surface area contributed by atoms with Gasteiger partial charge in [0.25, 0.3) is 0 Å². The van der Waals surface area contributed by atoms with Crippen molar-refractivity contribution in [3.05, 3.63) is 23.3 Å². The number of esters is 1. The average molecular weight is 487 g/mol. The van der Waals surface area contributed by atoms with Crippen LogP contribution < -0.4 is 0 Å². The van der Waals surface area contributed by atoms with Crippen LogP contribution in [0.15, 0.2) is 23.3 Å². The van der Waals surface area contributed by atoms with E-state index in [1.807, 2.05) is 20.8 Å². The summed E-state index contributed by atoms with van der Waals surface area (Å²) in [7, 11) is 0. The van der Waals surface area contributed by atoms with Gasteiger partial charge in [0.2, 0.25) is 0 Å². The SMILES string of the molecule is CC1=C(CO)C(=O)OC(C(C)C2(O)CCC3C4C5OC5C5(O)CC=CC(=O)C5(C)C4CCC32C)C1. The van der Waals surface area contributed by atoms with Crippen molar-refractivity contribution in [1.29, 1.82) is 0 Å². The highest BCUT2D eigenvalue weighted by molar-refractivity contribution is 5.97. The first kappa shape index (κ1) is 23.8. The number of fused-ring (bicyclic) bond motifs is 8. The molecule has 4 aliphatic carbocycles. The molecule has 0 amide bonds. The number of ketones is 1. The summed E-state index contributed by atoms with van der Waals surface area (Å²) >= 11 is 0. The Morgan fingerprint density at radius 2 is 1.86 bits per heavy atom. The highest BCUT2D eigenvalue weighted by atomic mass is 16.6. The first-order valence-electron chi connectivity index (χ1n) is 13.3. The molecule has 2 heterocycles. The number of carbonyl (C=O) groups is 2. The predicted octanol–water partition coefficient (Wildman–Crippen LogP) is 2.47. The summed E-state index contributed by atoms with van der Waals surface area (Å²) in [6, 6.07) is 0. The summed E-state index contributed by atoms with van der Waals surface area (Å²) in [4.78, 5) is 25.8. The van der Waals surface area contributed by atoms with Crippen molar-refractivity contribution in [3.8, 4) is 0 Å². The number of cyclic esters (lactones) is 1. The highest BCUT2D eigenvalue weighted by Gasteiger charge is 2.78. The molecule has 0 spiro atoms. The fourth-order valence-electron chi connectivity index (χ4n) is 9.42. The van der Waals surface area contributed by atoms with Gasteiger partial charge in [-0.2, -0.15) is 0 Å². The van der Waals surface area contributed by atoms with Gasteiger partial charge in [0.1, 0.15) is 17.8 Å². The summed E-state index contributed by atoms with van der Waals surface area (Å²) in [6.45, 7) is 7.62. The highest BCUT2D eigenvalue weighted by Crippen LogP contribution is 2.72. The number of aliphatic hydroxyl groups excluding tert-OH is 1. The quantitative estimate of drug-likeness (QED) is 0.414. The van der Waals surface area contributed by atoms with Gasteiger partial charge >= 0.3 is 5.97 Å². The van der Waals surface area contributed by atoms with Crippen LogP contribution in [0.1, 0.15) is 66.2 Å². The minimum atomic E-state index is -1.16. The topological polar surface area (TPSA) is 117 Å². The number of hydrogen-bond donors (Lipinski definition) is 3. The fraction of sp³-hybridized carbons (Fsp3) is 0.786. The molecule has 2 aliphatic heterocycles. The van der Waals surface area contributed by atoms with E-state index in [0.717, 1.165) is 24.8 Å². The Bertz CT molecular complexity index is 1050. The zero-order chi connectivity index (χ0) is 25.1. The molecule has 6 aliphatic rings. The van der Waals surface area contributed by atoms with E-state index in [4.69, 9.17) is 9.47 Å². The molecule has 6 rings (SSSR count). The first-order valence-corrected chi connectivity index (χ1v) is 13.3. The third-order valence-electron chi connectivity index (χ3n) is 11.8. The van der Waals surface area contributed by atoms with Gasteiger partial charge in [-0.1, -0.05) is 25.5 Å². The molecule has 7 nitrogen and oxygen atoms in total. The second-order valence-corrected chi connectivity index (χ2v) is 12.7. The molecule has 0 radical (unpaired) electrons. The first-order chi connectivity index (χ1) is 16.4. The van der Waals surface area contributed by atoms with Gasteiger partial charge in [-0.25, -0.2) is 4.79 Å². The molecule has 0 bridgehead atoms. The van der Waals surface area contributed by atoms with E-state index in [0.29, 0.717) is 24.8 Å². The Morgan fingerprint density at radius 1 is 1.14 bits per heavy atom. The van der Waals surface area contributed by atoms with Gasteiger partial charge in [0.15, 0.2) is 5.78 Å². The predicted molar refractivity (Wildman–Crippen MR) is 126 cm³/mol. The van der Waals surface area contributed by atoms with Gasteiger partial charge < -0.3 is 24.8 Å². The number of carbonyl (C=O) groups excluding carboxylic acids is 2. The van der Waals surface area contributed by atoms with Gasteiger partial charge in [0, 0.05) is 12.3 Å². The van der Waals surface area contributed by atoms with Crippen LogP contribution >= 0.6 is 0 Å². The van der Waals surface area contributed by atoms with Crippen LogP contribution in [0.5, 0.6) is 0 Å². The van der Waals surface area contributed by atoms with Crippen LogP contribution in [0.2, 0.25) is 0 Å². The normalized spacial score (nSPS) is 53.3. The zero-order valence-corrected chi connectivity index (χ0v) is 21.1. The Kier molecular flexibility index (Phi) is 4.95. The van der Waals surface area contributed by atoms with E-state index in [1.165, 1.54) is 0 Å². The lowest BCUT2D eigenvalue weighted by Crippen LogP contribution is -2.68. The van der Waals surface area contributed by atoms with Crippen molar-refractivity contribution in [2.75, 3.05) is 6.61 Å². The van der Waals surface area contributed by atoms with Crippen LogP contribution in [-0.4, -0.2) is 63.2 Å². The minimum absolute atomic E-state index is 0.00324. The standard InChI is InChI=1S/C28H38O7/c1-14-12-19(34-24(31)16(14)13-29)15(2)27(32)11-8-17-21-18(7-10-25(17,27)3)26(4)20(30)6-5-9-28(26,33)23-22(21)35-23/h5-6,15,17-19,21-23,29,32-33H,7-13H2,1-4H3. The lowest BCUT2D eigenvalue weighted by Gasteiger charge is -2.61. The molecule has 192 valence electrons. The Morgan fingerprint density at radius 3 is 2.54 bits per heavy atom. The number of epoxide rings is 1. The van der Waals surface area contributed by atoms with Crippen molar-refractivity contribution in [1.82, 2.24) is 0 Å². The molecule has 4 fully saturated rings. The van der Waals surface area contributed by atoms with Gasteiger partial charge in [0.05, 0.1) is 29.3 Å². The summed E-state index contributed by atoms with van der Waals surface area (Å²) in [6.07, 6.45) is 6.45. The second-order valence-electron chi connectivity index (χ2n) is 12.7. The van der Waals surface area contributed by atoms with Gasteiger partial charge in [-0.3, -0.25) is 4.79 Å². The van der Waals surface area contributed by atoms with Gasteiger partial charge in [-0.05, 0) is 75.2 Å². The third-order valence-corrected chi connectivity index (χ3v) is 11.8. The number of allylic oxidation sites excluding steroid dienone is 1. The second kappa shape index (κ2) is 7.27. The monoisotopic (exact) mass is 486 g/mol. The largest absolute Gasteiger partial charge is 0.458 e. The maximum Gasteiger partial charge on any atom is 0.336 e. The zero-order valence-electron chi connectivity index (χ0n) is 21.1. The Hall–Kier alpha value is -1.54. The van der Waals surface area contributed by atoms with E-state index in [1.54, 1.807) is 12.2 Å². The summed E-state index contributed by atoms with van der Waals surface area (Å²) in [5.74, 6) is -0.493. The van der Waals surface area contributed by atoms with Crippen molar-refractivity contribution in [2.24, 2.45) is 34.5 Å². The molecule has 0 aromatic rings. The molecule has 35 heavy (non-hydrogen) atoms. The van der Waals surface area contributed by atoms with E-state index < -0.39 is 34.1 Å². The van der Waals surface area contributed by atoms with E-state index in [-0.39, 0.29) is 48.3 Å². The van der Waals surface area contributed by atoms with Crippen molar-refractivity contribution >= 4 is 11.8 Å².